The van der Waals surface area contributed by atoms with Gasteiger partial charge in [0, 0.05) is 23.0 Å². The van der Waals surface area contributed by atoms with Crippen molar-refractivity contribution in [1.82, 2.24) is 10.2 Å². The number of carbonyl (C=O) groups is 1. The highest BCUT2D eigenvalue weighted by Gasteiger charge is 2.20. The van der Waals surface area contributed by atoms with Crippen molar-refractivity contribution in [3.63, 3.8) is 0 Å². The summed E-state index contributed by atoms with van der Waals surface area (Å²) in [6, 6.07) is 9.21. The maximum absolute atomic E-state index is 12.2. The number of nitrogens with zero attached hydrogens (tertiary/aromatic N) is 1. The molecule has 0 bridgehead atoms. The Balaban J connectivity index is 1.41. The molecule has 1 aromatic carbocycles. The van der Waals surface area contributed by atoms with Crippen LogP contribution in [-0.4, -0.2) is 37.7 Å². The first kappa shape index (κ1) is 19.0. The van der Waals surface area contributed by atoms with Crippen LogP contribution in [0.3, 0.4) is 0 Å². The number of amides is 2. The fourth-order valence-corrected chi connectivity index (χ4v) is 4.07. The summed E-state index contributed by atoms with van der Waals surface area (Å²) >= 11 is 7.80. The minimum atomic E-state index is -0.230. The molecule has 2 heterocycles. The normalized spacial score (nSPS) is 15.6. The summed E-state index contributed by atoms with van der Waals surface area (Å²) in [6.45, 7) is 3.87. The van der Waals surface area contributed by atoms with Gasteiger partial charge < -0.3 is 15.4 Å². The van der Waals surface area contributed by atoms with Gasteiger partial charge in [-0.3, -0.25) is 4.90 Å². The summed E-state index contributed by atoms with van der Waals surface area (Å²) in [6.07, 6.45) is 2.21. The number of methoxy groups -OCH3 is 1. The van der Waals surface area contributed by atoms with Gasteiger partial charge in [0.2, 0.25) is 0 Å². The first-order valence-electron chi connectivity index (χ1n) is 8.77. The molecule has 0 spiro atoms. The molecule has 1 aliphatic heterocycles. The molecule has 2 aromatic rings. The molecule has 1 aromatic heterocycles. The van der Waals surface area contributed by atoms with E-state index in [0.29, 0.717) is 28.9 Å². The number of nitrogens with one attached hydrogen (secondary N) is 2. The average Bonchev–Trinajstić information content (AvgIpc) is 3.14. The Morgan fingerprint density at radius 2 is 2.15 bits per heavy atom. The van der Waals surface area contributed by atoms with Crippen LogP contribution in [-0.2, 0) is 6.54 Å². The number of hydrogen-bond acceptors (Lipinski definition) is 4. The van der Waals surface area contributed by atoms with Crippen molar-refractivity contribution >= 4 is 34.7 Å². The first-order valence-corrected chi connectivity index (χ1v) is 10.0. The van der Waals surface area contributed by atoms with Gasteiger partial charge in [-0.15, -0.1) is 11.3 Å². The highest BCUT2D eigenvalue weighted by molar-refractivity contribution is 7.09. The number of halogens is 1. The minimum Gasteiger partial charge on any atom is -0.495 e. The summed E-state index contributed by atoms with van der Waals surface area (Å²) < 4.78 is 5.24. The quantitative estimate of drug-likeness (QED) is 0.762. The van der Waals surface area contributed by atoms with Gasteiger partial charge in [0.15, 0.2) is 0 Å². The Bertz CT molecular complexity index is 716. The van der Waals surface area contributed by atoms with Crippen LogP contribution in [0.4, 0.5) is 10.5 Å². The van der Waals surface area contributed by atoms with Gasteiger partial charge in [0.25, 0.3) is 0 Å². The summed E-state index contributed by atoms with van der Waals surface area (Å²) in [4.78, 5) is 16.1. The Labute approximate surface area is 163 Å². The van der Waals surface area contributed by atoms with Crippen LogP contribution in [0.25, 0.3) is 0 Å². The van der Waals surface area contributed by atoms with Gasteiger partial charge in [-0.25, -0.2) is 4.79 Å². The zero-order valence-electron chi connectivity index (χ0n) is 14.8. The fraction of sp³-hybridized carbons (Fsp3) is 0.421. The van der Waals surface area contributed by atoms with Gasteiger partial charge in [0.1, 0.15) is 5.75 Å². The number of thiophene rings is 1. The Hall–Kier alpha value is -1.76. The molecule has 0 aliphatic carbocycles. The number of urea groups is 1. The SMILES string of the molecule is COc1ccc(Cl)cc1NC(=O)NCC1CCN(Cc2cccs2)CC1. The number of ether oxygens (including phenoxy) is 1. The molecule has 1 fully saturated rings. The monoisotopic (exact) mass is 393 g/mol. The number of anilines is 1. The number of carbonyl (C=O) groups excluding carboxylic acids is 1. The number of hydrogen-bond donors (Lipinski definition) is 2. The molecule has 5 nitrogen and oxygen atoms in total. The van der Waals surface area contributed by atoms with Gasteiger partial charge >= 0.3 is 6.03 Å². The minimum absolute atomic E-state index is 0.230. The third-order valence-electron chi connectivity index (χ3n) is 4.63. The largest absolute Gasteiger partial charge is 0.495 e. The topological polar surface area (TPSA) is 53.6 Å². The second-order valence-corrected chi connectivity index (χ2v) is 7.95. The van der Waals surface area contributed by atoms with Gasteiger partial charge in [0.05, 0.1) is 12.8 Å². The van der Waals surface area contributed by atoms with E-state index in [4.69, 9.17) is 16.3 Å². The number of piperidine rings is 1. The standard InChI is InChI=1S/C19H24ClN3O2S/c1-25-18-5-4-15(20)11-17(18)22-19(24)21-12-14-6-8-23(9-7-14)13-16-3-2-10-26-16/h2-5,10-11,14H,6-9,12-13H2,1H3,(H2,21,22,24). The van der Waals surface area contributed by atoms with Crippen LogP contribution in [0.2, 0.25) is 5.02 Å². The first-order chi connectivity index (χ1) is 12.6. The lowest BCUT2D eigenvalue weighted by Crippen LogP contribution is -2.39. The van der Waals surface area contributed by atoms with Gasteiger partial charge in [-0.05, 0) is 61.5 Å². The molecule has 26 heavy (non-hydrogen) atoms. The Morgan fingerprint density at radius 3 is 2.85 bits per heavy atom. The summed E-state index contributed by atoms with van der Waals surface area (Å²) in [7, 11) is 1.57. The molecule has 0 atom stereocenters. The third-order valence-corrected chi connectivity index (χ3v) is 5.72. The van der Waals surface area contributed by atoms with Crippen LogP contribution < -0.4 is 15.4 Å². The molecule has 7 heteroatoms. The molecular formula is C19H24ClN3O2S. The molecule has 0 radical (unpaired) electrons. The highest BCUT2D eigenvalue weighted by atomic mass is 35.5. The summed E-state index contributed by atoms with van der Waals surface area (Å²) in [5, 5.41) is 8.46. The van der Waals surface area contributed by atoms with Gasteiger partial charge in [-0.2, -0.15) is 0 Å². The summed E-state index contributed by atoms with van der Waals surface area (Å²) in [5.41, 5.74) is 0.572. The van der Waals surface area contributed by atoms with E-state index in [9.17, 15) is 4.79 Å². The van der Waals surface area contributed by atoms with E-state index in [2.05, 4.69) is 33.0 Å². The molecule has 1 aliphatic rings. The van der Waals surface area contributed by atoms with Crippen LogP contribution in [0.1, 0.15) is 17.7 Å². The van der Waals surface area contributed by atoms with Crippen molar-refractivity contribution in [2.45, 2.75) is 19.4 Å². The van der Waals surface area contributed by atoms with E-state index in [1.165, 1.54) is 4.88 Å². The molecule has 2 amide bonds. The molecular weight excluding hydrogens is 370 g/mol. The van der Waals surface area contributed by atoms with Crippen LogP contribution in [0.5, 0.6) is 5.75 Å². The summed E-state index contributed by atoms with van der Waals surface area (Å²) in [5.74, 6) is 1.10. The molecule has 0 unspecified atom stereocenters. The maximum Gasteiger partial charge on any atom is 0.319 e. The lowest BCUT2D eigenvalue weighted by atomic mass is 9.97. The second kappa shape index (κ2) is 9.26. The van der Waals surface area contributed by atoms with Crippen LogP contribution in [0.15, 0.2) is 35.7 Å². The zero-order chi connectivity index (χ0) is 18.4. The third kappa shape index (κ3) is 5.37. The van der Waals surface area contributed by atoms with E-state index in [1.807, 2.05) is 11.3 Å². The maximum atomic E-state index is 12.2. The van der Waals surface area contributed by atoms with E-state index in [0.717, 1.165) is 32.5 Å². The molecule has 0 saturated carbocycles. The van der Waals surface area contributed by atoms with Crippen molar-refractivity contribution in [2.75, 3.05) is 32.1 Å². The Morgan fingerprint density at radius 1 is 1.35 bits per heavy atom. The van der Waals surface area contributed by atoms with Crippen molar-refractivity contribution in [1.29, 1.82) is 0 Å². The smallest absolute Gasteiger partial charge is 0.319 e. The molecule has 1 saturated heterocycles. The Kier molecular flexibility index (Phi) is 6.77. The van der Waals surface area contributed by atoms with Crippen molar-refractivity contribution in [2.24, 2.45) is 5.92 Å². The van der Waals surface area contributed by atoms with Gasteiger partial charge in [-0.1, -0.05) is 17.7 Å². The predicted octanol–water partition coefficient (Wildman–Crippen LogP) is 4.44. The lowest BCUT2D eigenvalue weighted by molar-refractivity contribution is 0.177. The highest BCUT2D eigenvalue weighted by Crippen LogP contribution is 2.27. The zero-order valence-corrected chi connectivity index (χ0v) is 16.4. The average molecular weight is 394 g/mol. The second-order valence-electron chi connectivity index (χ2n) is 6.48. The molecule has 2 N–H and O–H groups in total. The fourth-order valence-electron chi connectivity index (χ4n) is 3.15. The molecule has 140 valence electrons. The van der Waals surface area contributed by atoms with Crippen LogP contribution >= 0.6 is 22.9 Å². The number of benzene rings is 1. The van der Waals surface area contributed by atoms with Crippen LogP contribution in [0, 0.1) is 5.92 Å². The number of likely N-dealkylation sites (tertiary alicyclic amines) is 1. The van der Waals surface area contributed by atoms with E-state index < -0.39 is 0 Å². The molecule has 3 rings (SSSR count). The van der Waals surface area contributed by atoms with Crippen molar-refractivity contribution < 1.29 is 9.53 Å². The van der Waals surface area contributed by atoms with Crippen molar-refractivity contribution in [3.8, 4) is 5.75 Å². The number of rotatable bonds is 6. The van der Waals surface area contributed by atoms with E-state index in [1.54, 1.807) is 25.3 Å². The van der Waals surface area contributed by atoms with Crippen molar-refractivity contribution in [3.05, 3.63) is 45.6 Å². The van der Waals surface area contributed by atoms with E-state index in [-0.39, 0.29) is 6.03 Å². The lowest BCUT2D eigenvalue weighted by Gasteiger charge is -2.31. The predicted molar refractivity (Wildman–Crippen MR) is 107 cm³/mol. The van der Waals surface area contributed by atoms with E-state index >= 15 is 0 Å².